The van der Waals surface area contributed by atoms with E-state index in [1.54, 1.807) is 0 Å². The number of thioether (sulfide) groups is 1. The summed E-state index contributed by atoms with van der Waals surface area (Å²) in [6.07, 6.45) is 0. The van der Waals surface area contributed by atoms with Crippen molar-refractivity contribution in [3.8, 4) is 5.75 Å². The topological polar surface area (TPSA) is 44.8 Å². The number of benzene rings is 1. The molecule has 104 valence electrons. The van der Waals surface area contributed by atoms with Crippen LogP contribution in [-0.2, 0) is 26.6 Å². The van der Waals surface area contributed by atoms with Crippen LogP contribution < -0.4 is 4.74 Å². The van der Waals surface area contributed by atoms with Crippen molar-refractivity contribution in [1.29, 1.82) is 0 Å². The molecule has 0 spiro atoms. The number of fused-ring (bicyclic) bond motifs is 1. The average Bonchev–Trinajstić information content (AvgIpc) is 2.43. The predicted octanol–water partition coefficient (Wildman–Crippen LogP) is 3.00. The van der Waals surface area contributed by atoms with Crippen LogP contribution in [0.25, 0.3) is 0 Å². The highest BCUT2D eigenvalue weighted by Gasteiger charge is 2.19. The highest BCUT2D eigenvalue weighted by atomic mass is 35.5. The molecular weight excluding hydrogens is 288 g/mol. The summed E-state index contributed by atoms with van der Waals surface area (Å²) in [6, 6.07) is 3.71. The maximum absolute atomic E-state index is 11.4. The molecule has 0 aromatic heterocycles. The van der Waals surface area contributed by atoms with Gasteiger partial charge in [0.25, 0.3) is 0 Å². The Morgan fingerprint density at radius 1 is 1.58 bits per heavy atom. The Labute approximate surface area is 121 Å². The molecule has 0 saturated carbocycles. The largest absolute Gasteiger partial charge is 0.468 e. The first-order valence-electron chi connectivity index (χ1n) is 5.83. The van der Waals surface area contributed by atoms with Crippen LogP contribution >= 0.6 is 23.4 Å². The SMILES string of the molecule is COC(=O)C(C)SCc1cc(Cl)cc2c1OCOC2. The number of methoxy groups -OCH3 is 1. The van der Waals surface area contributed by atoms with E-state index in [-0.39, 0.29) is 18.0 Å². The lowest BCUT2D eigenvalue weighted by Crippen LogP contribution is -2.16. The van der Waals surface area contributed by atoms with Crippen molar-refractivity contribution >= 4 is 29.3 Å². The van der Waals surface area contributed by atoms with Gasteiger partial charge in [-0.15, -0.1) is 11.8 Å². The Bertz CT molecular complexity index is 478. The molecule has 0 N–H and O–H groups in total. The molecule has 4 nitrogen and oxygen atoms in total. The van der Waals surface area contributed by atoms with Gasteiger partial charge in [0.15, 0.2) is 6.79 Å². The van der Waals surface area contributed by atoms with Crippen LogP contribution in [0, 0.1) is 0 Å². The van der Waals surface area contributed by atoms with Crippen molar-refractivity contribution in [1.82, 2.24) is 0 Å². The van der Waals surface area contributed by atoms with E-state index in [1.807, 2.05) is 19.1 Å². The summed E-state index contributed by atoms with van der Waals surface area (Å²) in [5.74, 6) is 1.23. The summed E-state index contributed by atoms with van der Waals surface area (Å²) >= 11 is 7.56. The van der Waals surface area contributed by atoms with E-state index in [1.165, 1.54) is 18.9 Å². The first-order valence-corrected chi connectivity index (χ1v) is 7.25. The molecule has 0 fully saturated rings. The number of halogens is 1. The second-order valence-corrected chi connectivity index (χ2v) is 5.91. The summed E-state index contributed by atoms with van der Waals surface area (Å²) in [4.78, 5) is 11.4. The molecule has 2 rings (SSSR count). The highest BCUT2D eigenvalue weighted by Crippen LogP contribution is 2.34. The lowest BCUT2D eigenvalue weighted by atomic mass is 10.1. The zero-order valence-electron chi connectivity index (χ0n) is 10.8. The van der Waals surface area contributed by atoms with E-state index in [9.17, 15) is 4.79 Å². The number of carbonyl (C=O) groups excluding carboxylic acids is 1. The second-order valence-electron chi connectivity index (χ2n) is 4.14. The summed E-state index contributed by atoms with van der Waals surface area (Å²) in [5, 5.41) is 0.425. The van der Waals surface area contributed by atoms with Crippen LogP contribution in [0.15, 0.2) is 12.1 Å². The van der Waals surface area contributed by atoms with Gasteiger partial charge in [-0.05, 0) is 19.1 Å². The maximum Gasteiger partial charge on any atom is 0.318 e. The Morgan fingerprint density at radius 2 is 2.37 bits per heavy atom. The minimum Gasteiger partial charge on any atom is -0.468 e. The summed E-state index contributed by atoms with van der Waals surface area (Å²) in [5.41, 5.74) is 1.92. The molecule has 1 aromatic carbocycles. The fraction of sp³-hybridized carbons (Fsp3) is 0.462. The van der Waals surface area contributed by atoms with Crippen molar-refractivity contribution in [3.05, 3.63) is 28.3 Å². The lowest BCUT2D eigenvalue weighted by molar-refractivity contribution is -0.139. The van der Waals surface area contributed by atoms with Gasteiger partial charge in [-0.1, -0.05) is 11.6 Å². The first kappa shape index (κ1) is 14.5. The van der Waals surface area contributed by atoms with Crippen LogP contribution in [0.5, 0.6) is 5.75 Å². The molecule has 1 heterocycles. The number of rotatable bonds is 4. The van der Waals surface area contributed by atoms with Gasteiger partial charge in [-0.25, -0.2) is 0 Å². The molecule has 1 unspecified atom stereocenters. The van der Waals surface area contributed by atoms with Crippen LogP contribution in [0.1, 0.15) is 18.1 Å². The molecule has 1 aromatic rings. The molecule has 19 heavy (non-hydrogen) atoms. The van der Waals surface area contributed by atoms with Crippen molar-refractivity contribution in [3.63, 3.8) is 0 Å². The fourth-order valence-electron chi connectivity index (χ4n) is 1.81. The normalized spacial score (nSPS) is 15.3. The van der Waals surface area contributed by atoms with Crippen molar-refractivity contribution in [2.45, 2.75) is 24.5 Å². The van der Waals surface area contributed by atoms with Crippen molar-refractivity contribution in [2.24, 2.45) is 0 Å². The minimum atomic E-state index is -0.231. The van der Waals surface area contributed by atoms with E-state index in [0.29, 0.717) is 17.4 Å². The molecule has 0 amide bonds. The van der Waals surface area contributed by atoms with Gasteiger partial charge in [0.05, 0.1) is 19.0 Å². The number of hydrogen-bond acceptors (Lipinski definition) is 5. The molecule has 0 aliphatic carbocycles. The Balaban J connectivity index is 2.11. The standard InChI is InChI=1S/C13H15ClO4S/c1-8(13(15)16-2)19-6-10-4-11(14)3-9-5-17-7-18-12(9)10/h3-4,8H,5-7H2,1-2H3. The van der Waals surface area contributed by atoms with Gasteiger partial charge in [-0.3, -0.25) is 4.79 Å². The quantitative estimate of drug-likeness (QED) is 0.800. The summed E-state index contributed by atoms with van der Waals surface area (Å²) in [6.45, 7) is 2.57. The molecule has 6 heteroatoms. The maximum atomic E-state index is 11.4. The van der Waals surface area contributed by atoms with E-state index in [2.05, 4.69) is 0 Å². The number of hydrogen-bond donors (Lipinski definition) is 0. The van der Waals surface area contributed by atoms with Gasteiger partial charge in [0.1, 0.15) is 5.75 Å². The Morgan fingerprint density at radius 3 is 3.11 bits per heavy atom. The van der Waals surface area contributed by atoms with Crippen LogP contribution in [0.3, 0.4) is 0 Å². The van der Waals surface area contributed by atoms with Crippen molar-refractivity contribution in [2.75, 3.05) is 13.9 Å². The fourth-order valence-corrected chi connectivity index (χ4v) is 2.95. The van der Waals surface area contributed by atoms with Gasteiger partial charge in [0, 0.05) is 21.9 Å². The number of esters is 1. The molecule has 0 radical (unpaired) electrons. The zero-order chi connectivity index (χ0) is 13.8. The number of carbonyl (C=O) groups is 1. The molecule has 0 saturated heterocycles. The van der Waals surface area contributed by atoms with Crippen LogP contribution in [0.2, 0.25) is 5.02 Å². The highest BCUT2D eigenvalue weighted by molar-refractivity contribution is 7.99. The lowest BCUT2D eigenvalue weighted by Gasteiger charge is -2.21. The van der Waals surface area contributed by atoms with Crippen LogP contribution in [-0.4, -0.2) is 25.1 Å². The van der Waals surface area contributed by atoms with E-state index < -0.39 is 0 Å². The third kappa shape index (κ3) is 3.55. The number of ether oxygens (including phenoxy) is 3. The predicted molar refractivity (Wildman–Crippen MR) is 74.5 cm³/mol. The molecule has 0 bridgehead atoms. The molecule has 1 aliphatic rings. The minimum absolute atomic E-state index is 0.223. The summed E-state index contributed by atoms with van der Waals surface area (Å²) in [7, 11) is 1.39. The van der Waals surface area contributed by atoms with Crippen molar-refractivity contribution < 1.29 is 19.0 Å². The third-order valence-corrected chi connectivity index (χ3v) is 4.16. The molecule has 1 atom stereocenters. The van der Waals surface area contributed by atoms with E-state index in [0.717, 1.165) is 16.9 Å². The van der Waals surface area contributed by atoms with Crippen LogP contribution in [0.4, 0.5) is 0 Å². The molecular formula is C13H15ClO4S. The van der Waals surface area contributed by atoms with Gasteiger partial charge < -0.3 is 14.2 Å². The zero-order valence-corrected chi connectivity index (χ0v) is 12.3. The smallest absolute Gasteiger partial charge is 0.318 e. The Hall–Kier alpha value is -0.910. The first-order chi connectivity index (χ1) is 9.11. The average molecular weight is 303 g/mol. The summed E-state index contributed by atoms with van der Waals surface area (Å²) < 4.78 is 15.4. The monoisotopic (exact) mass is 302 g/mol. The van der Waals surface area contributed by atoms with Gasteiger partial charge in [-0.2, -0.15) is 0 Å². The van der Waals surface area contributed by atoms with Gasteiger partial charge in [0.2, 0.25) is 0 Å². The van der Waals surface area contributed by atoms with E-state index in [4.69, 9.17) is 25.8 Å². The molecule has 1 aliphatic heterocycles. The second kappa shape index (κ2) is 6.50. The Kier molecular flexibility index (Phi) is 4.96. The van der Waals surface area contributed by atoms with E-state index >= 15 is 0 Å². The third-order valence-electron chi connectivity index (χ3n) is 2.77. The van der Waals surface area contributed by atoms with Gasteiger partial charge >= 0.3 is 5.97 Å².